The normalized spacial score (nSPS) is 19.4. The van der Waals surface area contributed by atoms with Crippen LogP contribution in [0.4, 0.5) is 0 Å². The number of pyridine rings is 1. The van der Waals surface area contributed by atoms with Gasteiger partial charge in [-0.3, -0.25) is 33.8 Å². The molecule has 5 amide bonds. The van der Waals surface area contributed by atoms with Crippen molar-refractivity contribution in [1.82, 2.24) is 31.2 Å². The highest BCUT2D eigenvalue weighted by Crippen LogP contribution is 2.31. The van der Waals surface area contributed by atoms with Crippen LogP contribution >= 0.6 is 0 Å². The molecule has 0 unspecified atom stereocenters. The van der Waals surface area contributed by atoms with Gasteiger partial charge in [0.05, 0.1) is 32.7 Å². The van der Waals surface area contributed by atoms with Gasteiger partial charge in [0.15, 0.2) is 5.78 Å². The Bertz CT molecular complexity index is 1850. The molecule has 18 heteroatoms. The molecular formula is C44H62N6O12. The molecule has 2 saturated carbocycles. The van der Waals surface area contributed by atoms with Crippen molar-refractivity contribution >= 4 is 53.2 Å². The number of amides is 5. The summed E-state index contributed by atoms with van der Waals surface area (Å²) in [6.07, 6.45) is 12.6. The van der Waals surface area contributed by atoms with Crippen LogP contribution in [0, 0.1) is 17.3 Å². The number of carboxylic acid groups (broad SMARTS) is 1. The van der Waals surface area contributed by atoms with Gasteiger partial charge in [-0.15, -0.1) is 0 Å². The van der Waals surface area contributed by atoms with Gasteiger partial charge in [-0.25, -0.2) is 14.4 Å². The number of hydrogen-bond donors (Lipinski definition) is 5. The molecule has 4 rings (SSSR count). The van der Waals surface area contributed by atoms with E-state index >= 15 is 0 Å². The highest BCUT2D eigenvalue weighted by molar-refractivity contribution is 6.02. The molecule has 1 aromatic rings. The van der Waals surface area contributed by atoms with Crippen molar-refractivity contribution in [2.45, 2.75) is 141 Å². The standard InChI is InChI=1S/C44H62N6O12/c1-44(2,3)37(49-38(54)31(18-12-13-19-34(53)61-4)46-33(52)22-28-20-21-45-24-30(28)42(58)59)41(57)50-25-29(51)23-32(50)39(55)47-35(26-14-8-6-9-15-26)40(56)48-36(43(60)62-5)27-16-10-7-11-17-27/h13,19-21,24,26-27,31-32,35-37H,6-12,14-18,22-23,25H2,1-5H3,(H,46,52)(H,47,55)(H,48,56)(H,49,54)(H,58,59)/b19-13+/t31-,32-,35-,36-,37+/m0/s1. The third-order valence-corrected chi connectivity index (χ3v) is 11.9. The first-order valence-corrected chi connectivity index (χ1v) is 21.5. The van der Waals surface area contributed by atoms with Gasteiger partial charge in [-0.05, 0) is 67.4 Å². The summed E-state index contributed by atoms with van der Waals surface area (Å²) in [5.41, 5.74) is -1.05. The maximum atomic E-state index is 14.5. The van der Waals surface area contributed by atoms with E-state index in [1.165, 1.54) is 32.6 Å². The summed E-state index contributed by atoms with van der Waals surface area (Å²) in [6.45, 7) is 4.61. The molecule has 18 nitrogen and oxygen atoms in total. The fraction of sp³-hybridized carbons (Fsp3) is 0.636. The molecule has 5 atom stereocenters. The van der Waals surface area contributed by atoms with Crippen LogP contribution in [0.2, 0.25) is 0 Å². The molecule has 1 aliphatic heterocycles. The monoisotopic (exact) mass is 866 g/mol. The fourth-order valence-electron chi connectivity index (χ4n) is 8.50. The Balaban J connectivity index is 1.56. The van der Waals surface area contributed by atoms with Gasteiger partial charge in [-0.2, -0.15) is 0 Å². The van der Waals surface area contributed by atoms with Crippen LogP contribution in [-0.4, -0.2) is 119 Å². The maximum Gasteiger partial charge on any atom is 0.337 e. The van der Waals surface area contributed by atoms with Crippen LogP contribution in [0.15, 0.2) is 30.6 Å². The quantitative estimate of drug-likeness (QED) is 0.105. The third-order valence-electron chi connectivity index (χ3n) is 11.9. The van der Waals surface area contributed by atoms with Crippen molar-refractivity contribution in [3.8, 4) is 0 Å². The van der Waals surface area contributed by atoms with E-state index in [0.717, 1.165) is 68.5 Å². The number of ether oxygens (including phenoxy) is 2. The van der Waals surface area contributed by atoms with Crippen molar-refractivity contribution in [1.29, 1.82) is 0 Å². The van der Waals surface area contributed by atoms with E-state index in [1.807, 2.05) is 0 Å². The van der Waals surface area contributed by atoms with Crippen LogP contribution in [0.25, 0.3) is 0 Å². The summed E-state index contributed by atoms with van der Waals surface area (Å²) >= 11 is 0. The molecule has 340 valence electrons. The van der Waals surface area contributed by atoms with E-state index in [9.17, 15) is 48.3 Å². The number of methoxy groups -OCH3 is 2. The first-order chi connectivity index (χ1) is 29.4. The number of likely N-dealkylation sites (tertiary alicyclic amines) is 1. The average Bonchev–Trinajstić information content (AvgIpc) is 3.65. The molecule has 3 aliphatic rings. The molecular weight excluding hydrogens is 805 g/mol. The van der Waals surface area contributed by atoms with Crippen molar-refractivity contribution in [3.63, 3.8) is 0 Å². The first-order valence-electron chi connectivity index (χ1n) is 21.5. The number of nitrogens with one attached hydrogen (secondary N) is 4. The molecule has 0 spiro atoms. The van der Waals surface area contributed by atoms with E-state index in [2.05, 4.69) is 31.0 Å². The zero-order valence-corrected chi connectivity index (χ0v) is 36.4. The van der Waals surface area contributed by atoms with E-state index in [4.69, 9.17) is 4.74 Å². The second kappa shape index (κ2) is 23.0. The number of aromatic carboxylic acids is 1. The lowest BCUT2D eigenvalue weighted by Crippen LogP contribution is -2.62. The van der Waals surface area contributed by atoms with Gasteiger partial charge < -0.3 is 40.7 Å². The van der Waals surface area contributed by atoms with Crippen LogP contribution in [0.1, 0.15) is 120 Å². The summed E-state index contributed by atoms with van der Waals surface area (Å²) in [5.74, 6) is -6.77. The minimum atomic E-state index is -1.33. The summed E-state index contributed by atoms with van der Waals surface area (Å²) < 4.78 is 9.70. The topological polar surface area (TPSA) is 257 Å². The van der Waals surface area contributed by atoms with Gasteiger partial charge in [-0.1, -0.05) is 65.4 Å². The summed E-state index contributed by atoms with van der Waals surface area (Å²) in [5, 5.41) is 20.7. The second-order valence-electron chi connectivity index (χ2n) is 17.5. The molecule has 3 fully saturated rings. The molecule has 1 saturated heterocycles. The number of aromatic nitrogens is 1. The first kappa shape index (κ1) is 49.0. The zero-order valence-electron chi connectivity index (χ0n) is 36.4. The molecule has 5 N–H and O–H groups in total. The van der Waals surface area contributed by atoms with E-state index in [0.29, 0.717) is 12.8 Å². The predicted octanol–water partition coefficient (Wildman–Crippen LogP) is 2.32. The van der Waals surface area contributed by atoms with Crippen molar-refractivity contribution < 1.29 is 57.7 Å². The van der Waals surface area contributed by atoms with Gasteiger partial charge in [0.1, 0.15) is 30.2 Å². The lowest BCUT2D eigenvalue weighted by molar-refractivity contribution is -0.148. The maximum absolute atomic E-state index is 14.5. The lowest BCUT2D eigenvalue weighted by atomic mass is 9.81. The average molecular weight is 867 g/mol. The van der Waals surface area contributed by atoms with Crippen LogP contribution in [0.5, 0.6) is 0 Å². The second-order valence-corrected chi connectivity index (χ2v) is 17.5. The molecule has 2 heterocycles. The Hall–Kier alpha value is -5.68. The molecule has 62 heavy (non-hydrogen) atoms. The van der Waals surface area contributed by atoms with Gasteiger partial charge in [0.25, 0.3) is 0 Å². The number of Topliss-reactive ketones (excluding diaryl/α,β-unsaturated/α-hetero) is 1. The Labute approximate surface area is 362 Å². The molecule has 0 aromatic carbocycles. The predicted molar refractivity (Wildman–Crippen MR) is 223 cm³/mol. The minimum Gasteiger partial charge on any atom is -0.478 e. The summed E-state index contributed by atoms with van der Waals surface area (Å²) in [4.78, 5) is 125. The highest BCUT2D eigenvalue weighted by Gasteiger charge is 2.46. The molecule has 0 bridgehead atoms. The number of rotatable bonds is 18. The largest absolute Gasteiger partial charge is 0.478 e. The summed E-state index contributed by atoms with van der Waals surface area (Å²) in [7, 11) is 2.47. The Morgan fingerprint density at radius 3 is 2.06 bits per heavy atom. The molecule has 1 aromatic heterocycles. The van der Waals surface area contributed by atoms with Crippen LogP contribution < -0.4 is 21.3 Å². The number of hydrogen-bond acceptors (Lipinski definition) is 12. The van der Waals surface area contributed by atoms with Crippen molar-refractivity contribution in [3.05, 3.63) is 41.7 Å². The number of ketones is 1. The van der Waals surface area contributed by atoms with Crippen molar-refractivity contribution in [2.75, 3.05) is 20.8 Å². The highest BCUT2D eigenvalue weighted by atomic mass is 16.5. The zero-order chi connectivity index (χ0) is 45.6. The van der Waals surface area contributed by atoms with Crippen LogP contribution in [0.3, 0.4) is 0 Å². The number of allylic oxidation sites excluding steroid dienone is 1. The Morgan fingerprint density at radius 1 is 0.855 bits per heavy atom. The van der Waals surface area contributed by atoms with Crippen molar-refractivity contribution in [2.24, 2.45) is 17.3 Å². The van der Waals surface area contributed by atoms with E-state index in [-0.39, 0.29) is 42.2 Å². The van der Waals surface area contributed by atoms with Crippen LogP contribution in [-0.2, 0) is 54.3 Å². The number of carboxylic acids is 1. The fourth-order valence-corrected chi connectivity index (χ4v) is 8.50. The molecule has 2 aliphatic carbocycles. The smallest absolute Gasteiger partial charge is 0.337 e. The number of nitrogens with zero attached hydrogens (tertiary/aromatic N) is 2. The Morgan fingerprint density at radius 2 is 1.48 bits per heavy atom. The van der Waals surface area contributed by atoms with Gasteiger partial charge >= 0.3 is 17.9 Å². The van der Waals surface area contributed by atoms with Gasteiger partial charge in [0, 0.05) is 24.9 Å². The number of carbonyl (C=O) groups excluding carboxylic acids is 8. The van der Waals surface area contributed by atoms with E-state index in [1.54, 1.807) is 20.8 Å². The van der Waals surface area contributed by atoms with E-state index < -0.39 is 102 Å². The summed E-state index contributed by atoms with van der Waals surface area (Å²) in [6, 6.07) is -4.50. The minimum absolute atomic E-state index is 0.0479. The van der Waals surface area contributed by atoms with Gasteiger partial charge in [0.2, 0.25) is 29.5 Å². The lowest BCUT2D eigenvalue weighted by Gasteiger charge is -2.37. The molecule has 0 radical (unpaired) electrons. The number of carbonyl (C=O) groups is 9. The Kier molecular flexibility index (Phi) is 18.1. The number of esters is 2. The SMILES string of the molecule is COC(=O)/C=C/CC[C@H](NC(=O)Cc1ccncc1C(=O)O)C(=O)N[C@H](C(=O)N1CC(=O)C[C@H]1C(=O)N[C@H](C(=O)N[C@H](C(=O)OC)C1CCCCC1)C1CCCCC1)C(C)(C)C. The third kappa shape index (κ3) is 13.7.